The number of carboxylic acids is 1. The van der Waals surface area contributed by atoms with Crippen LogP contribution in [0.15, 0.2) is 0 Å². The summed E-state index contributed by atoms with van der Waals surface area (Å²) < 4.78 is 24.1. The van der Waals surface area contributed by atoms with Gasteiger partial charge in [0.2, 0.25) is 10.0 Å². The summed E-state index contributed by atoms with van der Waals surface area (Å²) in [6, 6.07) is 0.0762. The van der Waals surface area contributed by atoms with Crippen molar-refractivity contribution in [3.8, 4) is 0 Å². The maximum atomic E-state index is 11.5. The maximum absolute atomic E-state index is 11.5. The summed E-state index contributed by atoms with van der Waals surface area (Å²) in [6.45, 7) is 3.12. The van der Waals surface area contributed by atoms with Gasteiger partial charge >= 0.3 is 5.97 Å². The first-order valence-corrected chi connectivity index (χ1v) is 5.96. The van der Waals surface area contributed by atoms with Gasteiger partial charge in [0.25, 0.3) is 0 Å². The van der Waals surface area contributed by atoms with Crippen LogP contribution in [0, 0.1) is 0 Å². The van der Waals surface area contributed by atoms with Crippen molar-refractivity contribution in [2.75, 3.05) is 25.4 Å². The second-order valence-corrected chi connectivity index (χ2v) is 5.33. The minimum Gasteiger partial charge on any atom is -0.480 e. The Morgan fingerprint density at radius 1 is 1.64 bits per heavy atom. The van der Waals surface area contributed by atoms with E-state index in [0.717, 1.165) is 0 Å². The van der Waals surface area contributed by atoms with Crippen molar-refractivity contribution in [3.63, 3.8) is 0 Å². The third-order valence-corrected chi connectivity index (χ3v) is 3.76. The van der Waals surface area contributed by atoms with Crippen molar-refractivity contribution in [2.45, 2.75) is 13.0 Å². The van der Waals surface area contributed by atoms with Crippen molar-refractivity contribution < 1.29 is 18.3 Å². The van der Waals surface area contributed by atoms with Crippen LogP contribution in [-0.2, 0) is 14.8 Å². The highest BCUT2D eigenvalue weighted by Gasteiger charge is 2.28. The molecule has 1 heterocycles. The number of nitrogens with zero attached hydrogens (tertiary/aromatic N) is 1. The molecule has 0 saturated carbocycles. The third kappa shape index (κ3) is 2.93. The minimum absolute atomic E-state index is 0.0762. The van der Waals surface area contributed by atoms with Gasteiger partial charge in [0, 0.05) is 25.7 Å². The molecule has 6 nitrogen and oxygen atoms in total. The van der Waals surface area contributed by atoms with E-state index in [-0.39, 0.29) is 6.04 Å². The van der Waals surface area contributed by atoms with Gasteiger partial charge in [-0.2, -0.15) is 4.31 Å². The molecule has 1 atom stereocenters. The quantitative estimate of drug-likeness (QED) is 0.619. The van der Waals surface area contributed by atoms with Gasteiger partial charge in [-0.3, -0.25) is 4.79 Å². The lowest BCUT2D eigenvalue weighted by Crippen LogP contribution is -2.52. The molecule has 0 aromatic heterocycles. The lowest BCUT2D eigenvalue weighted by Gasteiger charge is -2.30. The van der Waals surface area contributed by atoms with E-state index in [4.69, 9.17) is 5.11 Å². The minimum atomic E-state index is -3.62. The lowest BCUT2D eigenvalue weighted by atomic mass is 10.3. The number of nitrogens with one attached hydrogen (secondary N) is 1. The first-order chi connectivity index (χ1) is 6.42. The fourth-order valence-electron chi connectivity index (χ4n) is 1.40. The molecule has 0 amide bonds. The molecule has 0 unspecified atom stereocenters. The molecule has 1 saturated heterocycles. The van der Waals surface area contributed by atoms with Gasteiger partial charge in [0.05, 0.1) is 0 Å². The van der Waals surface area contributed by atoms with E-state index in [1.165, 1.54) is 4.31 Å². The smallest absolute Gasteiger partial charge is 0.320 e. The second kappa shape index (κ2) is 4.24. The summed E-state index contributed by atoms with van der Waals surface area (Å²) in [4.78, 5) is 10.3. The molecule has 1 aliphatic rings. The van der Waals surface area contributed by atoms with Gasteiger partial charge in [0.15, 0.2) is 5.75 Å². The van der Waals surface area contributed by atoms with E-state index in [9.17, 15) is 13.2 Å². The van der Waals surface area contributed by atoms with Gasteiger partial charge in [0.1, 0.15) is 0 Å². The zero-order chi connectivity index (χ0) is 10.8. The van der Waals surface area contributed by atoms with Crippen molar-refractivity contribution in [1.82, 2.24) is 9.62 Å². The van der Waals surface area contributed by atoms with Crippen molar-refractivity contribution in [1.29, 1.82) is 0 Å². The summed E-state index contributed by atoms with van der Waals surface area (Å²) in [5.74, 6) is -2.13. The SMILES string of the molecule is C[C@@H]1CN(S(=O)(=O)CC(=O)O)CCN1. The fourth-order valence-corrected chi connectivity index (χ4v) is 2.71. The standard InChI is InChI=1S/C7H14N2O4S/c1-6-4-9(3-2-8-6)14(12,13)5-7(10)11/h6,8H,2-5H2,1H3,(H,10,11)/t6-/m1/s1. The third-order valence-electron chi connectivity index (χ3n) is 2.03. The second-order valence-electron chi connectivity index (χ2n) is 3.36. The number of carbonyl (C=O) groups is 1. The molecule has 0 aliphatic carbocycles. The van der Waals surface area contributed by atoms with Crippen LogP contribution < -0.4 is 5.32 Å². The van der Waals surface area contributed by atoms with Crippen LogP contribution in [0.1, 0.15) is 6.92 Å². The zero-order valence-corrected chi connectivity index (χ0v) is 8.75. The Kier molecular flexibility index (Phi) is 3.46. The van der Waals surface area contributed by atoms with Crippen molar-refractivity contribution >= 4 is 16.0 Å². The Balaban J connectivity index is 2.67. The first-order valence-electron chi connectivity index (χ1n) is 4.35. The predicted octanol–water partition coefficient (Wildman–Crippen LogP) is -1.31. The summed E-state index contributed by atoms with van der Waals surface area (Å²) in [5.41, 5.74) is 0. The Labute approximate surface area is 82.9 Å². The van der Waals surface area contributed by atoms with Crippen LogP contribution in [0.4, 0.5) is 0 Å². The number of piperazine rings is 1. The zero-order valence-electron chi connectivity index (χ0n) is 7.93. The Morgan fingerprint density at radius 3 is 2.79 bits per heavy atom. The highest BCUT2D eigenvalue weighted by molar-refractivity contribution is 7.89. The first kappa shape index (κ1) is 11.4. The summed E-state index contributed by atoms with van der Waals surface area (Å²) in [6.07, 6.45) is 0. The number of rotatable bonds is 3. The lowest BCUT2D eigenvalue weighted by molar-refractivity contribution is -0.134. The molecular weight excluding hydrogens is 208 g/mol. The van der Waals surface area contributed by atoms with E-state index in [2.05, 4.69) is 5.32 Å². The Hall–Kier alpha value is -0.660. The molecule has 1 fully saturated rings. The number of aliphatic carboxylic acids is 1. The molecule has 2 N–H and O–H groups in total. The number of hydrogen-bond donors (Lipinski definition) is 2. The molecule has 7 heteroatoms. The molecule has 0 radical (unpaired) electrons. The van der Waals surface area contributed by atoms with Crippen LogP contribution in [0.3, 0.4) is 0 Å². The Bertz CT molecular complexity index is 314. The molecule has 0 bridgehead atoms. The number of sulfonamides is 1. The average Bonchev–Trinajstić information content (AvgIpc) is 2.01. The van der Waals surface area contributed by atoms with Crippen LogP contribution in [-0.4, -0.2) is 55.2 Å². The summed E-state index contributed by atoms with van der Waals surface area (Å²) in [7, 11) is -3.62. The molecule has 0 aromatic rings. The van der Waals surface area contributed by atoms with Crippen molar-refractivity contribution in [2.24, 2.45) is 0 Å². The molecule has 1 aliphatic heterocycles. The monoisotopic (exact) mass is 222 g/mol. The van der Waals surface area contributed by atoms with Crippen molar-refractivity contribution in [3.05, 3.63) is 0 Å². The van der Waals surface area contributed by atoms with Crippen LogP contribution in [0.5, 0.6) is 0 Å². The molecule has 1 rings (SSSR count). The Morgan fingerprint density at radius 2 is 2.29 bits per heavy atom. The summed E-state index contributed by atoms with van der Waals surface area (Å²) in [5, 5.41) is 11.5. The van der Waals surface area contributed by atoms with Gasteiger partial charge in [-0.15, -0.1) is 0 Å². The topological polar surface area (TPSA) is 86.7 Å². The maximum Gasteiger partial charge on any atom is 0.320 e. The van der Waals surface area contributed by atoms with E-state index >= 15 is 0 Å². The summed E-state index contributed by atoms with van der Waals surface area (Å²) >= 11 is 0. The van der Waals surface area contributed by atoms with Crippen LogP contribution in [0.2, 0.25) is 0 Å². The van der Waals surface area contributed by atoms with Crippen LogP contribution >= 0.6 is 0 Å². The number of carboxylic acid groups (broad SMARTS) is 1. The fraction of sp³-hybridized carbons (Fsp3) is 0.857. The largest absolute Gasteiger partial charge is 0.480 e. The van der Waals surface area contributed by atoms with Crippen LogP contribution in [0.25, 0.3) is 0 Å². The highest BCUT2D eigenvalue weighted by atomic mass is 32.2. The van der Waals surface area contributed by atoms with E-state index in [0.29, 0.717) is 19.6 Å². The van der Waals surface area contributed by atoms with Gasteiger partial charge < -0.3 is 10.4 Å². The van der Waals surface area contributed by atoms with E-state index in [1.807, 2.05) is 6.92 Å². The predicted molar refractivity (Wildman–Crippen MR) is 50.5 cm³/mol. The van der Waals surface area contributed by atoms with Gasteiger partial charge in [-0.1, -0.05) is 0 Å². The molecular formula is C7H14N2O4S. The molecule has 14 heavy (non-hydrogen) atoms. The van der Waals surface area contributed by atoms with Gasteiger partial charge in [-0.05, 0) is 6.92 Å². The highest BCUT2D eigenvalue weighted by Crippen LogP contribution is 2.06. The molecule has 82 valence electrons. The number of hydrogen-bond acceptors (Lipinski definition) is 4. The van der Waals surface area contributed by atoms with E-state index < -0.39 is 21.7 Å². The van der Waals surface area contributed by atoms with E-state index in [1.54, 1.807) is 0 Å². The average molecular weight is 222 g/mol. The normalized spacial score (nSPS) is 24.8. The molecule has 0 spiro atoms. The van der Waals surface area contributed by atoms with Gasteiger partial charge in [-0.25, -0.2) is 8.42 Å². The molecule has 0 aromatic carbocycles.